The van der Waals surface area contributed by atoms with E-state index in [-0.39, 0.29) is 18.0 Å². The first-order valence-electron chi connectivity index (χ1n) is 6.81. The van der Waals surface area contributed by atoms with Crippen LogP contribution in [-0.4, -0.2) is 18.4 Å². The van der Waals surface area contributed by atoms with E-state index in [1.807, 2.05) is 0 Å². The third-order valence-corrected chi connectivity index (χ3v) is 3.08. The van der Waals surface area contributed by atoms with Crippen LogP contribution in [0.3, 0.4) is 0 Å². The van der Waals surface area contributed by atoms with Crippen LogP contribution in [0.25, 0.3) is 6.08 Å². The Bertz CT molecular complexity index is 719. The van der Waals surface area contributed by atoms with Crippen LogP contribution in [0, 0.1) is 0 Å². The maximum atomic E-state index is 12.2. The number of nitrogens with one attached hydrogen (secondary N) is 2. The number of rotatable bonds is 6. The molecule has 0 atom stereocenters. The molecule has 5 nitrogen and oxygen atoms in total. The topological polar surface area (TPSA) is 71.3 Å². The molecule has 1 aromatic heterocycles. The van der Waals surface area contributed by atoms with Crippen molar-refractivity contribution >= 4 is 29.5 Å². The fraction of sp³-hybridized carbons (Fsp3) is 0.0588. The van der Waals surface area contributed by atoms with Crippen LogP contribution in [-0.2, 0) is 4.79 Å². The second-order valence-corrected chi connectivity index (χ2v) is 4.98. The summed E-state index contributed by atoms with van der Waals surface area (Å²) in [6, 6.07) is 9.97. The summed E-state index contributed by atoms with van der Waals surface area (Å²) in [7, 11) is 0. The zero-order chi connectivity index (χ0) is 16.7. The first-order chi connectivity index (χ1) is 11.1. The van der Waals surface area contributed by atoms with Crippen LogP contribution < -0.4 is 10.6 Å². The van der Waals surface area contributed by atoms with E-state index in [1.54, 1.807) is 42.5 Å². The van der Waals surface area contributed by atoms with E-state index >= 15 is 0 Å². The quantitative estimate of drug-likeness (QED) is 0.631. The SMILES string of the molecule is C=CCNC(=O)/C(=C/c1ccc(Cl)cc1)NC(=O)c1ccco1. The number of hydrogen-bond donors (Lipinski definition) is 2. The predicted molar refractivity (Wildman–Crippen MR) is 88.8 cm³/mol. The molecular formula is C17H15ClN2O3. The summed E-state index contributed by atoms with van der Waals surface area (Å²) >= 11 is 5.84. The van der Waals surface area contributed by atoms with Crippen LogP contribution in [0.15, 0.2) is 65.4 Å². The van der Waals surface area contributed by atoms with Crippen molar-refractivity contribution in [2.24, 2.45) is 0 Å². The van der Waals surface area contributed by atoms with Crippen LogP contribution in [0.2, 0.25) is 5.02 Å². The molecule has 0 aliphatic rings. The zero-order valence-corrected chi connectivity index (χ0v) is 13.0. The Morgan fingerprint density at radius 3 is 2.57 bits per heavy atom. The lowest BCUT2D eigenvalue weighted by atomic mass is 10.2. The average molecular weight is 331 g/mol. The first kappa shape index (κ1) is 16.6. The van der Waals surface area contributed by atoms with Gasteiger partial charge in [0, 0.05) is 11.6 Å². The number of carbonyl (C=O) groups is 2. The largest absolute Gasteiger partial charge is 0.459 e. The van der Waals surface area contributed by atoms with Gasteiger partial charge >= 0.3 is 0 Å². The molecule has 1 aromatic carbocycles. The van der Waals surface area contributed by atoms with Crippen molar-refractivity contribution in [1.29, 1.82) is 0 Å². The third kappa shape index (κ3) is 4.86. The molecule has 6 heteroatoms. The highest BCUT2D eigenvalue weighted by Gasteiger charge is 2.15. The van der Waals surface area contributed by atoms with Crippen molar-refractivity contribution in [2.75, 3.05) is 6.54 Å². The van der Waals surface area contributed by atoms with E-state index in [2.05, 4.69) is 17.2 Å². The Morgan fingerprint density at radius 2 is 1.96 bits per heavy atom. The second kappa shape index (κ2) is 8.00. The maximum absolute atomic E-state index is 12.2. The van der Waals surface area contributed by atoms with Gasteiger partial charge in [-0.05, 0) is 35.9 Å². The number of carbonyl (C=O) groups excluding carboxylic acids is 2. The number of hydrogen-bond acceptors (Lipinski definition) is 3. The summed E-state index contributed by atoms with van der Waals surface area (Å²) in [5.41, 5.74) is 0.813. The molecule has 0 radical (unpaired) electrons. The van der Waals surface area contributed by atoms with Crippen molar-refractivity contribution in [2.45, 2.75) is 0 Å². The lowest BCUT2D eigenvalue weighted by Gasteiger charge is -2.09. The number of halogens is 1. The summed E-state index contributed by atoms with van der Waals surface area (Å²) in [4.78, 5) is 24.3. The van der Waals surface area contributed by atoms with Gasteiger partial charge in [0.1, 0.15) is 5.70 Å². The predicted octanol–water partition coefficient (Wildman–Crippen LogP) is 3.01. The van der Waals surface area contributed by atoms with E-state index in [1.165, 1.54) is 12.3 Å². The Balaban J connectivity index is 2.23. The Morgan fingerprint density at radius 1 is 1.22 bits per heavy atom. The highest BCUT2D eigenvalue weighted by Crippen LogP contribution is 2.12. The minimum absolute atomic E-state index is 0.0931. The van der Waals surface area contributed by atoms with Crippen LogP contribution >= 0.6 is 11.6 Å². The highest BCUT2D eigenvalue weighted by molar-refractivity contribution is 6.30. The Hall–Kier alpha value is -2.79. The first-order valence-corrected chi connectivity index (χ1v) is 7.19. The van der Waals surface area contributed by atoms with Crippen LogP contribution in [0.4, 0.5) is 0 Å². The lowest BCUT2D eigenvalue weighted by molar-refractivity contribution is -0.117. The Kier molecular flexibility index (Phi) is 5.77. The van der Waals surface area contributed by atoms with Crippen molar-refractivity contribution in [3.8, 4) is 0 Å². The van der Waals surface area contributed by atoms with Gasteiger partial charge in [-0.2, -0.15) is 0 Å². The standard InChI is InChI=1S/C17H15ClN2O3/c1-2-9-19-16(21)14(11-12-5-7-13(18)8-6-12)20-17(22)15-4-3-10-23-15/h2-8,10-11H,1,9H2,(H,19,21)(H,20,22)/b14-11-. The second-order valence-electron chi connectivity index (χ2n) is 4.54. The van der Waals surface area contributed by atoms with E-state index in [4.69, 9.17) is 16.0 Å². The van der Waals surface area contributed by atoms with Gasteiger partial charge in [0.15, 0.2) is 5.76 Å². The summed E-state index contributed by atoms with van der Waals surface area (Å²) < 4.78 is 5.02. The monoisotopic (exact) mass is 330 g/mol. The van der Waals surface area contributed by atoms with E-state index in [0.29, 0.717) is 5.02 Å². The van der Waals surface area contributed by atoms with Gasteiger partial charge in [0.25, 0.3) is 11.8 Å². The molecular weight excluding hydrogens is 316 g/mol. The van der Waals surface area contributed by atoms with Gasteiger partial charge in [-0.25, -0.2) is 0 Å². The molecule has 2 amide bonds. The molecule has 0 saturated carbocycles. The molecule has 1 heterocycles. The van der Waals surface area contributed by atoms with E-state index in [9.17, 15) is 9.59 Å². The smallest absolute Gasteiger partial charge is 0.291 e. The van der Waals surface area contributed by atoms with Crippen molar-refractivity contribution in [1.82, 2.24) is 10.6 Å². The lowest BCUT2D eigenvalue weighted by Crippen LogP contribution is -2.34. The molecule has 2 aromatic rings. The van der Waals surface area contributed by atoms with E-state index < -0.39 is 11.8 Å². The van der Waals surface area contributed by atoms with Gasteiger partial charge in [-0.15, -0.1) is 6.58 Å². The minimum atomic E-state index is -0.510. The summed E-state index contributed by atoms with van der Waals surface area (Å²) in [6.45, 7) is 3.82. The molecule has 2 rings (SSSR count). The molecule has 0 aliphatic heterocycles. The minimum Gasteiger partial charge on any atom is -0.459 e. The van der Waals surface area contributed by atoms with Gasteiger partial charge in [-0.1, -0.05) is 29.8 Å². The zero-order valence-electron chi connectivity index (χ0n) is 12.2. The molecule has 0 saturated heterocycles. The van der Waals surface area contributed by atoms with Crippen LogP contribution in [0.5, 0.6) is 0 Å². The van der Waals surface area contributed by atoms with Gasteiger partial charge in [-0.3, -0.25) is 9.59 Å². The van der Waals surface area contributed by atoms with Crippen molar-refractivity contribution in [3.63, 3.8) is 0 Å². The maximum Gasteiger partial charge on any atom is 0.291 e. The third-order valence-electron chi connectivity index (χ3n) is 2.83. The highest BCUT2D eigenvalue weighted by atomic mass is 35.5. The average Bonchev–Trinajstić information content (AvgIpc) is 3.08. The molecule has 0 spiro atoms. The number of benzene rings is 1. The molecule has 0 fully saturated rings. The fourth-order valence-electron chi connectivity index (χ4n) is 1.74. The fourth-order valence-corrected chi connectivity index (χ4v) is 1.86. The van der Waals surface area contributed by atoms with Crippen LogP contribution in [0.1, 0.15) is 16.1 Å². The normalized spacial score (nSPS) is 10.9. The van der Waals surface area contributed by atoms with Crippen molar-refractivity contribution < 1.29 is 14.0 Å². The summed E-state index contributed by atoms with van der Waals surface area (Å²) in [6.07, 6.45) is 4.48. The summed E-state index contributed by atoms with van der Waals surface area (Å²) in [5, 5.41) is 5.74. The number of amides is 2. The molecule has 118 valence electrons. The van der Waals surface area contributed by atoms with Gasteiger partial charge < -0.3 is 15.1 Å². The van der Waals surface area contributed by atoms with Gasteiger partial charge in [0.2, 0.25) is 0 Å². The molecule has 0 aliphatic carbocycles. The molecule has 23 heavy (non-hydrogen) atoms. The molecule has 0 bridgehead atoms. The molecule has 0 unspecified atom stereocenters. The van der Waals surface area contributed by atoms with E-state index in [0.717, 1.165) is 5.56 Å². The number of furan rings is 1. The molecule has 2 N–H and O–H groups in total. The van der Waals surface area contributed by atoms with Gasteiger partial charge in [0.05, 0.1) is 6.26 Å². The Labute approximate surface area is 138 Å². The summed E-state index contributed by atoms with van der Waals surface area (Å²) in [5.74, 6) is -0.827. The van der Waals surface area contributed by atoms with Crippen molar-refractivity contribution in [3.05, 3.63) is 77.4 Å².